The van der Waals surface area contributed by atoms with E-state index < -0.39 is 0 Å². The molecule has 0 unspecified atom stereocenters. The van der Waals surface area contributed by atoms with Crippen LogP contribution in [0.1, 0.15) is 31.2 Å². The predicted octanol–water partition coefficient (Wildman–Crippen LogP) is 1.48. The number of unbranched alkanes of at least 4 members (excludes halogenated alkanes) is 1. The molecular weight excluding hydrogens is 418 g/mol. The molecule has 0 aromatic carbocycles. The van der Waals surface area contributed by atoms with Gasteiger partial charge in [0.15, 0.2) is 0 Å². The van der Waals surface area contributed by atoms with Crippen LogP contribution in [-0.4, -0.2) is 58.3 Å². The van der Waals surface area contributed by atoms with Crippen LogP contribution in [0.15, 0.2) is 35.4 Å². The Hall–Kier alpha value is -2.04. The first kappa shape index (κ1) is 25.2. The zero-order valence-corrected chi connectivity index (χ0v) is 18.7. The molecule has 2 aromatic heterocycles. The molecule has 0 spiro atoms. The number of hydrogen-bond donors (Lipinski definition) is 3. The van der Waals surface area contributed by atoms with E-state index in [1.807, 2.05) is 12.1 Å². The number of aromatic nitrogens is 3. The minimum Gasteiger partial charge on any atom is -0.375 e. The highest BCUT2D eigenvalue weighted by Crippen LogP contribution is 2.12. The predicted molar refractivity (Wildman–Crippen MR) is 125 cm³/mol. The summed E-state index contributed by atoms with van der Waals surface area (Å²) in [6.07, 6.45) is 7.69. The number of halogens is 1. The zero-order valence-electron chi connectivity index (χ0n) is 17.9. The van der Waals surface area contributed by atoms with Gasteiger partial charge in [0.25, 0.3) is 0 Å². The molecule has 2 aromatic rings. The molecule has 0 aliphatic carbocycles. The second-order valence-corrected chi connectivity index (χ2v) is 7.69. The van der Waals surface area contributed by atoms with E-state index >= 15 is 0 Å². The summed E-state index contributed by atoms with van der Waals surface area (Å²) in [5.74, 6) is 1.11. The number of anilines is 2. The SMILES string of the molecule is Cl.NCCOCc1ccc(Nc2ccn(CCCCN3CCC(N)CC3)c(=O)n2)nc1. The molecule has 1 saturated heterocycles. The van der Waals surface area contributed by atoms with Gasteiger partial charge in [-0.3, -0.25) is 4.57 Å². The largest absolute Gasteiger partial charge is 0.375 e. The minimum atomic E-state index is -0.254. The van der Waals surface area contributed by atoms with E-state index in [9.17, 15) is 4.79 Å². The number of pyridine rings is 1. The zero-order chi connectivity index (χ0) is 21.2. The van der Waals surface area contributed by atoms with Gasteiger partial charge in [0.2, 0.25) is 0 Å². The van der Waals surface area contributed by atoms with Gasteiger partial charge in [-0.2, -0.15) is 4.98 Å². The van der Waals surface area contributed by atoms with Crippen LogP contribution in [0, 0.1) is 0 Å². The molecule has 31 heavy (non-hydrogen) atoms. The topological polar surface area (TPSA) is 124 Å². The van der Waals surface area contributed by atoms with Crippen molar-refractivity contribution < 1.29 is 4.74 Å². The lowest BCUT2D eigenvalue weighted by molar-refractivity contribution is 0.128. The maximum atomic E-state index is 12.3. The van der Waals surface area contributed by atoms with Gasteiger partial charge in [-0.05, 0) is 63.0 Å². The van der Waals surface area contributed by atoms with Crippen LogP contribution in [0.2, 0.25) is 0 Å². The van der Waals surface area contributed by atoms with Crippen molar-refractivity contribution in [3.05, 3.63) is 46.6 Å². The third-order valence-electron chi connectivity index (χ3n) is 5.24. The van der Waals surface area contributed by atoms with E-state index in [2.05, 4.69) is 20.2 Å². The highest BCUT2D eigenvalue weighted by molar-refractivity contribution is 5.85. The third kappa shape index (κ3) is 8.54. The van der Waals surface area contributed by atoms with Crippen molar-refractivity contribution in [1.82, 2.24) is 19.4 Å². The number of rotatable bonds is 11. The van der Waals surface area contributed by atoms with Crippen molar-refractivity contribution in [1.29, 1.82) is 0 Å². The van der Waals surface area contributed by atoms with Crippen molar-refractivity contribution in [2.45, 2.75) is 44.9 Å². The summed E-state index contributed by atoms with van der Waals surface area (Å²) >= 11 is 0. The van der Waals surface area contributed by atoms with Crippen LogP contribution < -0.4 is 22.5 Å². The van der Waals surface area contributed by atoms with Gasteiger partial charge in [0.05, 0.1) is 13.2 Å². The molecule has 3 heterocycles. The van der Waals surface area contributed by atoms with Crippen LogP contribution in [0.4, 0.5) is 11.6 Å². The fourth-order valence-electron chi connectivity index (χ4n) is 3.45. The van der Waals surface area contributed by atoms with Crippen molar-refractivity contribution >= 4 is 24.0 Å². The number of ether oxygens (including phenoxy) is 1. The number of nitrogens with two attached hydrogens (primary N) is 2. The fourth-order valence-corrected chi connectivity index (χ4v) is 3.45. The quantitative estimate of drug-likeness (QED) is 0.439. The number of nitrogens with zero attached hydrogens (tertiary/aromatic N) is 4. The Kier molecular flexibility index (Phi) is 10.9. The van der Waals surface area contributed by atoms with E-state index in [-0.39, 0.29) is 18.1 Å². The molecule has 1 aliphatic rings. The summed E-state index contributed by atoms with van der Waals surface area (Å²) in [6, 6.07) is 5.92. The number of aryl methyl sites for hydroxylation is 1. The Morgan fingerprint density at radius 3 is 2.58 bits per heavy atom. The number of nitrogens with one attached hydrogen (secondary N) is 1. The molecular formula is C21H34ClN7O2. The second-order valence-electron chi connectivity index (χ2n) is 7.69. The van der Waals surface area contributed by atoms with Gasteiger partial charge in [-0.1, -0.05) is 6.07 Å². The summed E-state index contributed by atoms with van der Waals surface area (Å²) in [4.78, 5) is 23.2. The smallest absolute Gasteiger partial charge is 0.349 e. The van der Waals surface area contributed by atoms with E-state index in [0.717, 1.165) is 50.9 Å². The summed E-state index contributed by atoms with van der Waals surface area (Å²) in [5, 5.41) is 3.07. The Labute approximate surface area is 189 Å². The summed E-state index contributed by atoms with van der Waals surface area (Å²) in [7, 11) is 0. The van der Waals surface area contributed by atoms with Crippen molar-refractivity contribution in [2.75, 3.05) is 38.1 Å². The Balaban J connectivity index is 0.00000341. The summed E-state index contributed by atoms with van der Waals surface area (Å²) < 4.78 is 7.04. The van der Waals surface area contributed by atoms with Gasteiger partial charge in [-0.15, -0.1) is 12.4 Å². The summed E-state index contributed by atoms with van der Waals surface area (Å²) in [6.45, 7) is 5.40. The van der Waals surface area contributed by atoms with Gasteiger partial charge in [-0.25, -0.2) is 9.78 Å². The molecule has 0 saturated carbocycles. The lowest BCUT2D eigenvalue weighted by Gasteiger charge is -2.29. The van der Waals surface area contributed by atoms with Crippen LogP contribution in [0.5, 0.6) is 0 Å². The lowest BCUT2D eigenvalue weighted by Crippen LogP contribution is -2.40. The molecule has 10 heteroatoms. The lowest BCUT2D eigenvalue weighted by atomic mass is 10.1. The van der Waals surface area contributed by atoms with Crippen LogP contribution in [0.25, 0.3) is 0 Å². The molecule has 0 radical (unpaired) electrons. The molecule has 172 valence electrons. The average Bonchev–Trinajstić information content (AvgIpc) is 2.75. The monoisotopic (exact) mass is 451 g/mol. The van der Waals surface area contributed by atoms with Gasteiger partial charge in [0, 0.05) is 31.5 Å². The minimum absolute atomic E-state index is 0. The first-order valence-corrected chi connectivity index (χ1v) is 10.7. The number of piperidine rings is 1. The van der Waals surface area contributed by atoms with Gasteiger partial charge >= 0.3 is 5.69 Å². The third-order valence-corrected chi connectivity index (χ3v) is 5.24. The van der Waals surface area contributed by atoms with Crippen LogP contribution in [0.3, 0.4) is 0 Å². The molecule has 3 rings (SSSR count). The molecule has 1 aliphatic heterocycles. The number of likely N-dealkylation sites (tertiary alicyclic amines) is 1. The maximum Gasteiger partial charge on any atom is 0.349 e. The van der Waals surface area contributed by atoms with Crippen molar-refractivity contribution in [3.8, 4) is 0 Å². The Morgan fingerprint density at radius 1 is 1.13 bits per heavy atom. The standard InChI is InChI=1S/C21H33N7O2.ClH/c22-8-14-30-16-17-3-4-19(24-15-17)25-20-7-13-28(21(29)26-20)10-2-1-9-27-11-5-18(23)6-12-27;/h3-4,7,13,15,18H,1-2,5-6,8-12,14,16,22-23H2,(H,24,25,26,29);1H. The van der Waals surface area contributed by atoms with E-state index in [4.69, 9.17) is 16.2 Å². The van der Waals surface area contributed by atoms with E-state index in [1.54, 1.807) is 23.0 Å². The maximum absolute atomic E-state index is 12.3. The first-order chi connectivity index (χ1) is 14.6. The highest BCUT2D eigenvalue weighted by atomic mass is 35.5. The molecule has 0 bridgehead atoms. The summed E-state index contributed by atoms with van der Waals surface area (Å²) in [5.41, 5.74) is 12.1. The Bertz CT molecular complexity index is 823. The molecule has 5 N–H and O–H groups in total. The van der Waals surface area contributed by atoms with E-state index in [0.29, 0.717) is 44.0 Å². The van der Waals surface area contributed by atoms with Crippen molar-refractivity contribution in [2.24, 2.45) is 11.5 Å². The van der Waals surface area contributed by atoms with E-state index in [1.165, 1.54) is 0 Å². The Morgan fingerprint density at radius 2 is 1.90 bits per heavy atom. The second kappa shape index (κ2) is 13.4. The van der Waals surface area contributed by atoms with Crippen LogP contribution in [-0.2, 0) is 17.9 Å². The van der Waals surface area contributed by atoms with Crippen LogP contribution >= 0.6 is 12.4 Å². The van der Waals surface area contributed by atoms with Crippen molar-refractivity contribution in [3.63, 3.8) is 0 Å². The normalized spacial score (nSPS) is 14.9. The number of hydrogen-bond acceptors (Lipinski definition) is 8. The highest BCUT2D eigenvalue weighted by Gasteiger charge is 2.15. The average molecular weight is 452 g/mol. The molecule has 9 nitrogen and oxygen atoms in total. The fraction of sp³-hybridized carbons (Fsp3) is 0.571. The van der Waals surface area contributed by atoms with Gasteiger partial charge < -0.3 is 26.4 Å². The van der Waals surface area contributed by atoms with Gasteiger partial charge in [0.1, 0.15) is 11.6 Å². The molecule has 0 amide bonds. The molecule has 0 atom stereocenters. The first-order valence-electron chi connectivity index (χ1n) is 10.7. The molecule has 1 fully saturated rings.